The van der Waals surface area contributed by atoms with Gasteiger partial charge in [-0.15, -0.1) is 0 Å². The molecule has 0 saturated carbocycles. The molecule has 90 valence electrons. The summed E-state index contributed by atoms with van der Waals surface area (Å²) < 4.78 is 4.91. The molecule has 1 aromatic rings. The smallest absolute Gasteiger partial charge is 0.122 e. The van der Waals surface area contributed by atoms with Gasteiger partial charge in [0, 0.05) is 6.42 Å². The van der Waals surface area contributed by atoms with E-state index in [2.05, 4.69) is 9.99 Å². The molecule has 0 atom stereocenters. The molecule has 0 radical (unpaired) electrons. The first kappa shape index (κ1) is 14.5. The van der Waals surface area contributed by atoms with Crippen molar-refractivity contribution >= 4 is 5.71 Å². The number of nitrogens with zero attached hydrogens (tertiary/aromatic N) is 1. The van der Waals surface area contributed by atoms with Gasteiger partial charge in [0.2, 0.25) is 0 Å². The summed E-state index contributed by atoms with van der Waals surface area (Å²) in [5, 5.41) is 3.65. The van der Waals surface area contributed by atoms with Crippen LogP contribution in [0.2, 0.25) is 0 Å². The van der Waals surface area contributed by atoms with Crippen LogP contribution in [-0.4, -0.2) is 19.4 Å². The van der Waals surface area contributed by atoms with E-state index in [9.17, 15) is 0 Å². The lowest BCUT2D eigenvalue weighted by atomic mass is 10.3. The maximum Gasteiger partial charge on any atom is 0.122 e. The van der Waals surface area contributed by atoms with E-state index in [0.29, 0.717) is 0 Å². The highest BCUT2D eigenvalue weighted by Crippen LogP contribution is 2.05. The van der Waals surface area contributed by atoms with Crippen LogP contribution < -0.4 is 4.74 Å². The first-order valence-electron chi connectivity index (χ1n) is 5.57. The number of ether oxygens (including phenoxy) is 1. The minimum atomic E-state index is 0.784. The quantitative estimate of drug-likeness (QED) is 0.729. The first-order chi connectivity index (χ1) is 7.83. The maximum atomic E-state index is 4.91. The molecule has 0 saturated heterocycles. The van der Waals surface area contributed by atoms with Gasteiger partial charge in [-0.3, -0.25) is 0 Å². The summed E-state index contributed by atoms with van der Waals surface area (Å²) in [6.07, 6.45) is 1.01. The van der Waals surface area contributed by atoms with E-state index in [0.717, 1.165) is 24.5 Å². The molecule has 1 aliphatic heterocycles. The van der Waals surface area contributed by atoms with Crippen LogP contribution in [0.1, 0.15) is 27.2 Å². The van der Waals surface area contributed by atoms with Gasteiger partial charge in [0.1, 0.15) is 12.4 Å². The van der Waals surface area contributed by atoms with Crippen molar-refractivity contribution in [2.24, 2.45) is 5.16 Å². The Morgan fingerprint density at radius 1 is 1.19 bits per heavy atom. The van der Waals surface area contributed by atoms with Gasteiger partial charge in [-0.25, -0.2) is 0 Å². The van der Waals surface area contributed by atoms with Crippen molar-refractivity contribution in [1.29, 1.82) is 0 Å². The average Bonchev–Trinajstić information content (AvgIpc) is 2.85. The summed E-state index contributed by atoms with van der Waals surface area (Å²) >= 11 is 0. The Hall–Kier alpha value is -1.51. The van der Waals surface area contributed by atoms with E-state index in [-0.39, 0.29) is 0 Å². The van der Waals surface area contributed by atoms with Gasteiger partial charge in [0.25, 0.3) is 0 Å². The van der Waals surface area contributed by atoms with Crippen LogP contribution in [0.25, 0.3) is 0 Å². The number of rotatable bonds is 1. The number of hydrogen-bond donors (Lipinski definition) is 0. The maximum absolute atomic E-state index is 4.91. The molecular formula is C13H21NO2. The Morgan fingerprint density at radius 2 is 1.81 bits per heavy atom. The van der Waals surface area contributed by atoms with E-state index in [1.165, 1.54) is 0 Å². The molecule has 0 N–H and O–H groups in total. The molecule has 0 aliphatic carbocycles. The SMILES string of the molecule is CC.CC1=NOCC1.COc1ccccc1. The highest BCUT2D eigenvalue weighted by molar-refractivity contribution is 5.82. The zero-order chi connectivity index (χ0) is 12.2. The number of oxime groups is 1. The van der Waals surface area contributed by atoms with Gasteiger partial charge in [-0.2, -0.15) is 0 Å². The van der Waals surface area contributed by atoms with E-state index in [1.54, 1.807) is 7.11 Å². The van der Waals surface area contributed by atoms with E-state index < -0.39 is 0 Å². The number of hydrogen-bond acceptors (Lipinski definition) is 3. The van der Waals surface area contributed by atoms with Crippen molar-refractivity contribution in [3.63, 3.8) is 0 Å². The van der Waals surface area contributed by atoms with Gasteiger partial charge in [-0.1, -0.05) is 37.2 Å². The van der Waals surface area contributed by atoms with Crippen LogP contribution in [0.5, 0.6) is 5.75 Å². The lowest BCUT2D eigenvalue weighted by molar-refractivity contribution is 0.173. The lowest BCUT2D eigenvalue weighted by Gasteiger charge is -1.93. The van der Waals surface area contributed by atoms with Crippen molar-refractivity contribution in [3.05, 3.63) is 30.3 Å². The molecule has 0 amide bonds. The van der Waals surface area contributed by atoms with Crippen LogP contribution in [0.15, 0.2) is 35.5 Å². The molecule has 16 heavy (non-hydrogen) atoms. The van der Waals surface area contributed by atoms with Crippen LogP contribution in [0.4, 0.5) is 0 Å². The largest absolute Gasteiger partial charge is 0.497 e. The Labute approximate surface area is 98.1 Å². The molecule has 0 fully saturated rings. The number of methoxy groups -OCH3 is 1. The van der Waals surface area contributed by atoms with Crippen molar-refractivity contribution in [2.75, 3.05) is 13.7 Å². The van der Waals surface area contributed by atoms with E-state index >= 15 is 0 Å². The lowest BCUT2D eigenvalue weighted by Crippen LogP contribution is -1.82. The van der Waals surface area contributed by atoms with Crippen molar-refractivity contribution in [1.82, 2.24) is 0 Å². The van der Waals surface area contributed by atoms with Gasteiger partial charge in [0.05, 0.1) is 12.8 Å². The summed E-state index contributed by atoms with van der Waals surface area (Å²) in [6, 6.07) is 9.68. The van der Waals surface area contributed by atoms with Crippen LogP contribution >= 0.6 is 0 Å². The van der Waals surface area contributed by atoms with Crippen LogP contribution in [0.3, 0.4) is 0 Å². The molecule has 1 heterocycles. The molecule has 0 aromatic heterocycles. The zero-order valence-electron chi connectivity index (χ0n) is 10.6. The van der Waals surface area contributed by atoms with Gasteiger partial charge in [-0.05, 0) is 19.1 Å². The average molecular weight is 223 g/mol. The Balaban J connectivity index is 0.000000251. The van der Waals surface area contributed by atoms with Gasteiger partial charge < -0.3 is 9.57 Å². The first-order valence-corrected chi connectivity index (χ1v) is 5.57. The fourth-order valence-electron chi connectivity index (χ4n) is 0.951. The fourth-order valence-corrected chi connectivity index (χ4v) is 0.951. The van der Waals surface area contributed by atoms with Gasteiger partial charge >= 0.3 is 0 Å². The van der Waals surface area contributed by atoms with E-state index in [4.69, 9.17) is 4.74 Å². The van der Waals surface area contributed by atoms with Crippen LogP contribution in [-0.2, 0) is 4.84 Å². The molecule has 3 nitrogen and oxygen atoms in total. The van der Waals surface area contributed by atoms with E-state index in [1.807, 2.05) is 51.1 Å². The summed E-state index contributed by atoms with van der Waals surface area (Å²) in [5.74, 6) is 0.910. The molecular weight excluding hydrogens is 202 g/mol. The normalized spacial score (nSPS) is 12.1. The third-order valence-electron chi connectivity index (χ3n) is 1.75. The molecule has 0 bridgehead atoms. The highest BCUT2D eigenvalue weighted by Gasteiger charge is 1.98. The minimum Gasteiger partial charge on any atom is -0.497 e. The van der Waals surface area contributed by atoms with Crippen LogP contribution in [0, 0.1) is 0 Å². The second-order valence-corrected chi connectivity index (χ2v) is 2.93. The summed E-state index contributed by atoms with van der Waals surface area (Å²) in [6.45, 7) is 6.75. The Bertz CT molecular complexity index is 283. The predicted octanol–water partition coefficient (Wildman–Crippen LogP) is 3.50. The standard InChI is InChI=1S/C7H8O.C4H7NO.C2H6/c1-8-7-5-3-2-4-6-7;1-4-2-3-6-5-4;1-2/h2-6H,1H3;2-3H2,1H3;1-2H3. The van der Waals surface area contributed by atoms with Crippen molar-refractivity contribution < 1.29 is 9.57 Å². The number of benzene rings is 1. The highest BCUT2D eigenvalue weighted by atomic mass is 16.6. The van der Waals surface area contributed by atoms with Crippen molar-refractivity contribution in [3.8, 4) is 5.75 Å². The molecule has 1 aliphatic rings. The minimum absolute atomic E-state index is 0.784. The third kappa shape index (κ3) is 6.87. The molecule has 3 heteroatoms. The second-order valence-electron chi connectivity index (χ2n) is 2.93. The summed E-state index contributed by atoms with van der Waals surface area (Å²) in [5.41, 5.74) is 1.11. The van der Waals surface area contributed by atoms with Gasteiger partial charge in [0.15, 0.2) is 0 Å². The molecule has 2 rings (SSSR count). The summed E-state index contributed by atoms with van der Waals surface area (Å²) in [7, 11) is 1.66. The zero-order valence-corrected chi connectivity index (χ0v) is 10.6. The predicted molar refractivity (Wildman–Crippen MR) is 68.0 cm³/mol. The summed E-state index contributed by atoms with van der Waals surface area (Å²) in [4.78, 5) is 4.64. The van der Waals surface area contributed by atoms with Crippen molar-refractivity contribution in [2.45, 2.75) is 27.2 Å². The topological polar surface area (TPSA) is 30.8 Å². The third-order valence-corrected chi connectivity index (χ3v) is 1.75. The Kier molecular flexibility index (Phi) is 9.08. The fraction of sp³-hybridized carbons (Fsp3) is 0.462. The number of para-hydroxylation sites is 1. The molecule has 1 aromatic carbocycles. The molecule has 0 spiro atoms. The Morgan fingerprint density at radius 3 is 2.06 bits per heavy atom. The second kappa shape index (κ2) is 10.0. The monoisotopic (exact) mass is 223 g/mol. The molecule has 0 unspecified atom stereocenters.